The molecule has 6 nitrogen and oxygen atoms in total. The summed E-state index contributed by atoms with van der Waals surface area (Å²) < 4.78 is 19.5. The molecule has 3 rings (SSSR count). The number of ether oxygens (including phenoxy) is 1. The van der Waals surface area contributed by atoms with E-state index in [9.17, 15) is 14.0 Å². The molecule has 2 aromatic carbocycles. The van der Waals surface area contributed by atoms with Crippen molar-refractivity contribution in [1.82, 2.24) is 15.1 Å². The average Bonchev–Trinajstić information content (AvgIpc) is 2.69. The fourth-order valence-corrected chi connectivity index (χ4v) is 2.51. The summed E-state index contributed by atoms with van der Waals surface area (Å²) in [6.07, 6.45) is 0. The molecule has 0 bridgehead atoms. The molecule has 28 heavy (non-hydrogen) atoms. The van der Waals surface area contributed by atoms with Crippen LogP contribution in [0, 0.1) is 19.7 Å². The van der Waals surface area contributed by atoms with Crippen LogP contribution in [0.1, 0.15) is 16.7 Å². The van der Waals surface area contributed by atoms with Crippen LogP contribution in [-0.2, 0) is 11.3 Å². The highest BCUT2D eigenvalue weighted by Gasteiger charge is 2.08. The van der Waals surface area contributed by atoms with Crippen LogP contribution in [0.3, 0.4) is 0 Å². The van der Waals surface area contributed by atoms with E-state index < -0.39 is 0 Å². The third-order valence-electron chi connectivity index (χ3n) is 4.26. The highest BCUT2D eigenvalue weighted by Crippen LogP contribution is 2.13. The largest absolute Gasteiger partial charge is 0.467 e. The number of carbonyl (C=O) groups excluding carboxylic acids is 1. The predicted octanol–water partition coefficient (Wildman–Crippen LogP) is 2.68. The van der Waals surface area contributed by atoms with Crippen molar-refractivity contribution >= 4 is 5.91 Å². The number of nitrogens with one attached hydrogen (secondary N) is 1. The quantitative estimate of drug-likeness (QED) is 0.713. The standard InChI is InChI=1S/C21H20FN3O3/c1-14-3-8-18(11-15(14)2)25-21(27)10-9-20(24-25)28-13-19(26)23-12-16-4-6-17(22)7-5-16/h3-11H,12-13H2,1-2H3,(H,23,26). The van der Waals surface area contributed by atoms with E-state index in [1.165, 1.54) is 28.9 Å². The van der Waals surface area contributed by atoms with Crippen LogP contribution >= 0.6 is 0 Å². The van der Waals surface area contributed by atoms with E-state index in [1.807, 2.05) is 26.0 Å². The van der Waals surface area contributed by atoms with Crippen molar-refractivity contribution < 1.29 is 13.9 Å². The Labute approximate surface area is 161 Å². The molecule has 0 saturated heterocycles. The van der Waals surface area contributed by atoms with Crippen molar-refractivity contribution in [2.45, 2.75) is 20.4 Å². The Kier molecular flexibility index (Phi) is 5.84. The van der Waals surface area contributed by atoms with Gasteiger partial charge in [-0.15, -0.1) is 5.10 Å². The van der Waals surface area contributed by atoms with E-state index in [1.54, 1.807) is 18.2 Å². The van der Waals surface area contributed by atoms with Crippen molar-refractivity contribution in [2.24, 2.45) is 0 Å². The minimum Gasteiger partial charge on any atom is -0.467 e. The molecular weight excluding hydrogens is 361 g/mol. The van der Waals surface area contributed by atoms with E-state index in [0.717, 1.165) is 16.7 Å². The fourth-order valence-electron chi connectivity index (χ4n) is 2.51. The molecule has 0 unspecified atom stereocenters. The number of rotatable bonds is 6. The van der Waals surface area contributed by atoms with Crippen molar-refractivity contribution in [3.8, 4) is 11.6 Å². The van der Waals surface area contributed by atoms with Gasteiger partial charge in [-0.2, -0.15) is 4.68 Å². The van der Waals surface area contributed by atoms with Crippen molar-refractivity contribution in [1.29, 1.82) is 0 Å². The molecule has 0 atom stereocenters. The van der Waals surface area contributed by atoms with Gasteiger partial charge in [-0.25, -0.2) is 4.39 Å². The van der Waals surface area contributed by atoms with Gasteiger partial charge in [0, 0.05) is 18.7 Å². The Morgan fingerprint density at radius 1 is 1.07 bits per heavy atom. The Morgan fingerprint density at radius 3 is 2.54 bits per heavy atom. The number of benzene rings is 2. The number of nitrogens with zero attached hydrogens (tertiary/aromatic N) is 2. The summed E-state index contributed by atoms with van der Waals surface area (Å²) in [4.78, 5) is 24.1. The minimum absolute atomic E-state index is 0.162. The Bertz CT molecular complexity index is 1050. The van der Waals surface area contributed by atoms with Crippen LogP contribution in [0.2, 0.25) is 0 Å². The second-order valence-electron chi connectivity index (χ2n) is 6.38. The first-order chi connectivity index (χ1) is 13.4. The number of halogens is 1. The molecule has 0 spiro atoms. The molecule has 0 aliphatic heterocycles. The molecular formula is C21H20FN3O3. The van der Waals surface area contributed by atoms with E-state index in [2.05, 4.69) is 10.4 Å². The van der Waals surface area contributed by atoms with E-state index in [-0.39, 0.29) is 36.3 Å². The van der Waals surface area contributed by atoms with Crippen molar-refractivity contribution in [2.75, 3.05) is 6.61 Å². The highest BCUT2D eigenvalue weighted by atomic mass is 19.1. The summed E-state index contributed by atoms with van der Waals surface area (Å²) >= 11 is 0. The number of hydrogen-bond acceptors (Lipinski definition) is 4. The number of aryl methyl sites for hydroxylation is 2. The first kappa shape index (κ1) is 19.3. The zero-order valence-electron chi connectivity index (χ0n) is 15.6. The van der Waals surface area contributed by atoms with E-state index in [0.29, 0.717) is 5.69 Å². The normalized spacial score (nSPS) is 10.5. The van der Waals surface area contributed by atoms with Gasteiger partial charge >= 0.3 is 0 Å². The Morgan fingerprint density at radius 2 is 1.82 bits per heavy atom. The number of aromatic nitrogens is 2. The SMILES string of the molecule is Cc1ccc(-n2nc(OCC(=O)NCc3ccc(F)cc3)ccc2=O)cc1C. The monoisotopic (exact) mass is 381 g/mol. The average molecular weight is 381 g/mol. The van der Waals surface area contributed by atoms with Crippen LogP contribution in [0.4, 0.5) is 4.39 Å². The maximum absolute atomic E-state index is 12.9. The molecule has 0 fully saturated rings. The number of hydrogen-bond donors (Lipinski definition) is 1. The third kappa shape index (κ3) is 4.82. The molecule has 0 saturated carbocycles. The lowest BCUT2D eigenvalue weighted by molar-refractivity contribution is -0.123. The van der Waals surface area contributed by atoms with Crippen LogP contribution in [-0.4, -0.2) is 22.3 Å². The predicted molar refractivity (Wildman–Crippen MR) is 103 cm³/mol. The van der Waals surface area contributed by atoms with Gasteiger partial charge in [-0.1, -0.05) is 18.2 Å². The summed E-state index contributed by atoms with van der Waals surface area (Å²) in [6.45, 7) is 3.95. The molecule has 0 radical (unpaired) electrons. The summed E-state index contributed by atoms with van der Waals surface area (Å²) in [5, 5.41) is 6.85. The Hall–Kier alpha value is -3.48. The van der Waals surface area contributed by atoms with Gasteiger partial charge in [0.25, 0.3) is 11.5 Å². The smallest absolute Gasteiger partial charge is 0.271 e. The van der Waals surface area contributed by atoms with Gasteiger partial charge in [0.2, 0.25) is 5.88 Å². The number of carbonyl (C=O) groups is 1. The highest BCUT2D eigenvalue weighted by molar-refractivity contribution is 5.77. The molecule has 1 N–H and O–H groups in total. The molecule has 144 valence electrons. The fraction of sp³-hybridized carbons (Fsp3) is 0.190. The Balaban J connectivity index is 1.63. The first-order valence-corrected chi connectivity index (χ1v) is 8.74. The summed E-state index contributed by atoms with van der Waals surface area (Å²) in [5.74, 6) is -0.520. The first-order valence-electron chi connectivity index (χ1n) is 8.74. The topological polar surface area (TPSA) is 73.2 Å². The van der Waals surface area contributed by atoms with Crippen molar-refractivity contribution in [3.05, 3.63) is 87.5 Å². The van der Waals surface area contributed by atoms with Gasteiger partial charge in [-0.05, 0) is 54.8 Å². The minimum atomic E-state index is -0.352. The van der Waals surface area contributed by atoms with Crippen LogP contribution in [0.5, 0.6) is 5.88 Å². The molecule has 1 aromatic heterocycles. The summed E-state index contributed by atoms with van der Waals surface area (Å²) in [6, 6.07) is 14.2. The summed E-state index contributed by atoms with van der Waals surface area (Å²) in [5.41, 5.74) is 3.26. The van der Waals surface area contributed by atoms with Crippen molar-refractivity contribution in [3.63, 3.8) is 0 Å². The molecule has 0 aliphatic carbocycles. The van der Waals surface area contributed by atoms with Crippen LogP contribution < -0.4 is 15.6 Å². The maximum Gasteiger partial charge on any atom is 0.271 e. The zero-order valence-corrected chi connectivity index (χ0v) is 15.6. The summed E-state index contributed by atoms with van der Waals surface area (Å²) in [7, 11) is 0. The van der Waals surface area contributed by atoms with Gasteiger partial charge < -0.3 is 10.1 Å². The van der Waals surface area contributed by atoms with Gasteiger partial charge in [0.15, 0.2) is 6.61 Å². The van der Waals surface area contributed by atoms with E-state index in [4.69, 9.17) is 4.74 Å². The second kappa shape index (κ2) is 8.47. The van der Waals surface area contributed by atoms with Gasteiger partial charge in [0.05, 0.1) is 5.69 Å². The lowest BCUT2D eigenvalue weighted by Crippen LogP contribution is -2.29. The molecule has 1 amide bonds. The molecule has 7 heteroatoms. The van der Waals surface area contributed by atoms with Gasteiger partial charge in [-0.3, -0.25) is 9.59 Å². The van der Waals surface area contributed by atoms with E-state index >= 15 is 0 Å². The lowest BCUT2D eigenvalue weighted by Gasteiger charge is -2.10. The molecule has 0 aliphatic rings. The van der Waals surface area contributed by atoms with Crippen LogP contribution in [0.15, 0.2) is 59.4 Å². The third-order valence-corrected chi connectivity index (χ3v) is 4.26. The maximum atomic E-state index is 12.9. The zero-order chi connectivity index (χ0) is 20.1. The second-order valence-corrected chi connectivity index (χ2v) is 6.38. The molecule has 1 heterocycles. The number of amides is 1. The van der Waals surface area contributed by atoms with Crippen LogP contribution in [0.25, 0.3) is 5.69 Å². The lowest BCUT2D eigenvalue weighted by atomic mass is 10.1. The molecule has 3 aromatic rings. The van der Waals surface area contributed by atoms with Gasteiger partial charge in [0.1, 0.15) is 5.82 Å².